The summed E-state index contributed by atoms with van der Waals surface area (Å²) in [6.45, 7) is 2.04. The van der Waals surface area contributed by atoms with Gasteiger partial charge in [-0.25, -0.2) is 4.79 Å². The van der Waals surface area contributed by atoms with Gasteiger partial charge in [0.05, 0.1) is 6.61 Å². The van der Waals surface area contributed by atoms with Crippen molar-refractivity contribution < 1.29 is 9.53 Å². The Kier molecular flexibility index (Phi) is 7.28. The van der Waals surface area contributed by atoms with Crippen LogP contribution in [0.1, 0.15) is 6.92 Å². The van der Waals surface area contributed by atoms with Crippen LogP contribution in [0.25, 0.3) is 0 Å². The van der Waals surface area contributed by atoms with Crippen molar-refractivity contribution in [3.8, 4) is 0 Å². The van der Waals surface area contributed by atoms with Gasteiger partial charge in [-0.15, -0.1) is 0 Å². The van der Waals surface area contributed by atoms with Crippen molar-refractivity contribution in [1.29, 1.82) is 0 Å². The molecule has 1 rings (SSSR count). The monoisotopic (exact) mass is 187 g/mol. The van der Waals surface area contributed by atoms with E-state index >= 15 is 0 Å². The van der Waals surface area contributed by atoms with Crippen molar-refractivity contribution >= 4 is 17.0 Å². The standard InChI is InChI=1S/C5H5N.C3H5ClO2/c1-2-4-6-5-3-1;1-2-6-3(4)5/h1-5H;2H2,1H3. The summed E-state index contributed by atoms with van der Waals surface area (Å²) >= 11 is 4.72. The Morgan fingerprint density at radius 2 is 2.00 bits per heavy atom. The van der Waals surface area contributed by atoms with Crippen molar-refractivity contribution in [2.45, 2.75) is 6.92 Å². The molecule has 66 valence electrons. The van der Waals surface area contributed by atoms with E-state index in [9.17, 15) is 4.79 Å². The Labute approximate surface area is 76.3 Å². The van der Waals surface area contributed by atoms with Crippen LogP contribution < -0.4 is 0 Å². The molecule has 0 atom stereocenters. The van der Waals surface area contributed by atoms with Gasteiger partial charge >= 0.3 is 5.43 Å². The summed E-state index contributed by atoms with van der Waals surface area (Å²) in [6.07, 6.45) is 3.50. The molecule has 0 saturated carbocycles. The van der Waals surface area contributed by atoms with Crippen LogP contribution in [-0.2, 0) is 4.74 Å². The maximum Gasteiger partial charge on any atom is 0.403 e. The van der Waals surface area contributed by atoms with Gasteiger partial charge in [0.2, 0.25) is 0 Å². The summed E-state index contributed by atoms with van der Waals surface area (Å²) in [6, 6.07) is 5.72. The van der Waals surface area contributed by atoms with Crippen molar-refractivity contribution in [3.05, 3.63) is 30.6 Å². The number of halogens is 1. The van der Waals surface area contributed by atoms with E-state index < -0.39 is 5.43 Å². The van der Waals surface area contributed by atoms with Gasteiger partial charge in [-0.2, -0.15) is 0 Å². The zero-order valence-corrected chi connectivity index (χ0v) is 7.49. The van der Waals surface area contributed by atoms with Gasteiger partial charge in [0, 0.05) is 24.0 Å². The minimum Gasteiger partial charge on any atom is -0.454 e. The van der Waals surface area contributed by atoms with E-state index in [1.54, 1.807) is 19.3 Å². The highest BCUT2D eigenvalue weighted by Crippen LogP contribution is 1.82. The Balaban J connectivity index is 0.000000202. The van der Waals surface area contributed by atoms with Crippen LogP contribution in [0.4, 0.5) is 4.79 Å². The normalized spacial score (nSPS) is 7.83. The highest BCUT2D eigenvalue weighted by Gasteiger charge is 1.86. The van der Waals surface area contributed by atoms with Gasteiger partial charge < -0.3 is 4.74 Å². The van der Waals surface area contributed by atoms with Crippen LogP contribution in [0.5, 0.6) is 0 Å². The number of hydrogen-bond donors (Lipinski definition) is 0. The second-order valence-corrected chi connectivity index (χ2v) is 2.00. The number of rotatable bonds is 1. The number of aromatic nitrogens is 1. The maximum absolute atomic E-state index is 9.59. The Bertz CT molecular complexity index is 177. The lowest BCUT2D eigenvalue weighted by molar-refractivity contribution is 0.180. The second-order valence-electron chi connectivity index (χ2n) is 1.70. The zero-order chi connectivity index (χ0) is 9.23. The average Bonchev–Trinajstić information content (AvgIpc) is 2.08. The fourth-order valence-corrected chi connectivity index (χ4v) is 0.535. The van der Waals surface area contributed by atoms with E-state index in [0.717, 1.165) is 0 Å². The molecule has 0 bridgehead atoms. The summed E-state index contributed by atoms with van der Waals surface area (Å²) < 4.78 is 4.17. The Morgan fingerprint density at radius 1 is 1.42 bits per heavy atom. The highest BCUT2D eigenvalue weighted by molar-refractivity contribution is 6.61. The van der Waals surface area contributed by atoms with E-state index in [4.69, 9.17) is 11.6 Å². The molecule has 1 aromatic rings. The molecular weight excluding hydrogens is 178 g/mol. The highest BCUT2D eigenvalue weighted by atomic mass is 35.5. The minimum absolute atomic E-state index is 0.350. The average molecular weight is 188 g/mol. The van der Waals surface area contributed by atoms with Gasteiger partial charge in [0.15, 0.2) is 0 Å². The van der Waals surface area contributed by atoms with Gasteiger partial charge in [-0.1, -0.05) is 6.07 Å². The van der Waals surface area contributed by atoms with Crippen molar-refractivity contribution in [1.82, 2.24) is 4.98 Å². The molecule has 0 aromatic carbocycles. The van der Waals surface area contributed by atoms with Crippen LogP contribution in [0.3, 0.4) is 0 Å². The first-order valence-corrected chi connectivity index (χ1v) is 3.82. The number of carbonyl (C=O) groups is 1. The third-order valence-corrected chi connectivity index (χ3v) is 0.933. The molecule has 1 heterocycles. The van der Waals surface area contributed by atoms with E-state index in [1.165, 1.54) is 0 Å². The first-order chi connectivity index (χ1) is 5.77. The fraction of sp³-hybridized carbons (Fsp3) is 0.250. The molecule has 0 aliphatic carbocycles. The molecule has 1 aromatic heterocycles. The number of pyridine rings is 1. The molecular formula is C8H10ClNO2. The van der Waals surface area contributed by atoms with Crippen LogP contribution in [0.2, 0.25) is 0 Å². The van der Waals surface area contributed by atoms with Gasteiger partial charge in [0.25, 0.3) is 0 Å². The smallest absolute Gasteiger partial charge is 0.403 e. The summed E-state index contributed by atoms with van der Waals surface area (Å²) in [5.41, 5.74) is -0.738. The molecule has 0 radical (unpaired) electrons. The molecule has 0 N–H and O–H groups in total. The van der Waals surface area contributed by atoms with Gasteiger partial charge in [-0.05, 0) is 19.1 Å². The molecule has 0 aliphatic heterocycles. The zero-order valence-electron chi connectivity index (χ0n) is 6.74. The third kappa shape index (κ3) is 8.91. The minimum atomic E-state index is -0.738. The number of hydrogen-bond acceptors (Lipinski definition) is 3. The largest absolute Gasteiger partial charge is 0.454 e. The molecule has 4 heteroatoms. The Morgan fingerprint density at radius 3 is 2.08 bits per heavy atom. The number of nitrogens with zero attached hydrogens (tertiary/aromatic N) is 1. The SMILES string of the molecule is CCOC(=O)Cl.c1ccncc1. The van der Waals surface area contributed by atoms with Crippen molar-refractivity contribution in [2.24, 2.45) is 0 Å². The lowest BCUT2D eigenvalue weighted by atomic mass is 10.5. The molecule has 0 unspecified atom stereocenters. The molecule has 0 aliphatic rings. The lowest BCUT2D eigenvalue weighted by Crippen LogP contribution is -1.89. The van der Waals surface area contributed by atoms with Crippen molar-refractivity contribution in [3.63, 3.8) is 0 Å². The summed E-state index contributed by atoms with van der Waals surface area (Å²) in [7, 11) is 0. The van der Waals surface area contributed by atoms with Crippen molar-refractivity contribution in [2.75, 3.05) is 6.61 Å². The topological polar surface area (TPSA) is 39.2 Å². The first-order valence-electron chi connectivity index (χ1n) is 3.44. The van der Waals surface area contributed by atoms with E-state index in [-0.39, 0.29) is 0 Å². The molecule has 3 nitrogen and oxygen atoms in total. The second kappa shape index (κ2) is 8.01. The van der Waals surface area contributed by atoms with Crippen LogP contribution in [0.15, 0.2) is 30.6 Å². The quantitative estimate of drug-likeness (QED) is 0.634. The maximum atomic E-state index is 9.59. The van der Waals surface area contributed by atoms with E-state index in [1.807, 2.05) is 18.2 Å². The summed E-state index contributed by atoms with van der Waals surface area (Å²) in [4.78, 5) is 13.4. The summed E-state index contributed by atoms with van der Waals surface area (Å²) in [5, 5.41) is 0. The number of carbonyl (C=O) groups excluding carboxylic acids is 1. The van der Waals surface area contributed by atoms with E-state index in [2.05, 4.69) is 9.72 Å². The first kappa shape index (κ1) is 10.9. The molecule has 0 saturated heterocycles. The predicted molar refractivity (Wildman–Crippen MR) is 47.1 cm³/mol. The van der Waals surface area contributed by atoms with Crippen LogP contribution in [-0.4, -0.2) is 17.0 Å². The van der Waals surface area contributed by atoms with Crippen LogP contribution in [0, 0.1) is 0 Å². The number of ether oxygens (including phenoxy) is 1. The molecule has 0 spiro atoms. The molecule has 12 heavy (non-hydrogen) atoms. The van der Waals surface area contributed by atoms with E-state index in [0.29, 0.717) is 6.61 Å². The molecule has 0 amide bonds. The lowest BCUT2D eigenvalue weighted by Gasteiger charge is -1.86. The predicted octanol–water partition coefficient (Wildman–Crippen LogP) is 2.46. The Hall–Kier alpha value is -1.09. The summed E-state index contributed by atoms with van der Waals surface area (Å²) in [5.74, 6) is 0. The molecule has 0 fully saturated rings. The third-order valence-electron chi connectivity index (χ3n) is 0.824. The van der Waals surface area contributed by atoms with Gasteiger partial charge in [-0.3, -0.25) is 4.98 Å². The van der Waals surface area contributed by atoms with Gasteiger partial charge in [0.1, 0.15) is 0 Å². The fourth-order valence-electron chi connectivity index (χ4n) is 0.426. The van der Waals surface area contributed by atoms with Crippen LogP contribution >= 0.6 is 11.6 Å².